The number of anilines is 1. The van der Waals surface area contributed by atoms with E-state index in [1.165, 1.54) is 6.07 Å². The zero-order chi connectivity index (χ0) is 13.3. The Hall–Kier alpha value is -1.91. The number of methoxy groups -OCH3 is 1. The maximum atomic E-state index is 12.8. The van der Waals surface area contributed by atoms with E-state index in [4.69, 9.17) is 4.74 Å². The molecule has 18 heavy (non-hydrogen) atoms. The SMILES string of the molecule is CNc1cc(C(F)F)nc2c(C)cc(OC)cc12. The molecule has 0 atom stereocenters. The highest BCUT2D eigenvalue weighted by atomic mass is 19.3. The third kappa shape index (κ3) is 2.08. The van der Waals surface area contributed by atoms with Gasteiger partial charge in [-0.25, -0.2) is 13.8 Å². The summed E-state index contributed by atoms with van der Waals surface area (Å²) >= 11 is 0. The van der Waals surface area contributed by atoms with Crippen molar-refractivity contribution in [2.45, 2.75) is 13.3 Å². The molecule has 0 saturated carbocycles. The van der Waals surface area contributed by atoms with Crippen LogP contribution in [-0.4, -0.2) is 19.1 Å². The summed E-state index contributed by atoms with van der Waals surface area (Å²) in [5, 5.41) is 3.69. The number of pyridine rings is 1. The molecular weight excluding hydrogens is 238 g/mol. The number of alkyl halides is 2. The minimum Gasteiger partial charge on any atom is -0.497 e. The molecule has 1 aromatic carbocycles. The molecule has 1 N–H and O–H groups in total. The Morgan fingerprint density at radius 1 is 1.28 bits per heavy atom. The van der Waals surface area contributed by atoms with Crippen LogP contribution in [0.4, 0.5) is 14.5 Å². The average molecular weight is 252 g/mol. The Kier molecular flexibility index (Phi) is 3.32. The molecule has 1 heterocycles. The molecule has 0 fully saturated rings. The van der Waals surface area contributed by atoms with Gasteiger partial charge in [0.25, 0.3) is 6.43 Å². The summed E-state index contributed by atoms with van der Waals surface area (Å²) in [6.07, 6.45) is -2.58. The lowest BCUT2D eigenvalue weighted by Crippen LogP contribution is -1.99. The van der Waals surface area contributed by atoms with Crippen LogP contribution in [0.5, 0.6) is 5.75 Å². The molecule has 0 spiro atoms. The van der Waals surface area contributed by atoms with E-state index in [2.05, 4.69) is 10.3 Å². The van der Waals surface area contributed by atoms with Gasteiger partial charge < -0.3 is 10.1 Å². The summed E-state index contributed by atoms with van der Waals surface area (Å²) < 4.78 is 30.7. The second-order valence-electron chi connectivity index (χ2n) is 3.99. The van der Waals surface area contributed by atoms with Crippen LogP contribution in [0.3, 0.4) is 0 Å². The number of rotatable bonds is 3. The van der Waals surface area contributed by atoms with E-state index >= 15 is 0 Å². The molecular formula is C13H14F2N2O. The molecule has 0 radical (unpaired) electrons. The van der Waals surface area contributed by atoms with Gasteiger partial charge in [0.2, 0.25) is 0 Å². The number of fused-ring (bicyclic) bond motifs is 1. The molecule has 0 unspecified atom stereocenters. The van der Waals surface area contributed by atoms with Crippen molar-refractivity contribution in [3.8, 4) is 5.75 Å². The van der Waals surface area contributed by atoms with Crippen molar-refractivity contribution in [3.05, 3.63) is 29.5 Å². The van der Waals surface area contributed by atoms with Gasteiger partial charge in [0.05, 0.1) is 12.6 Å². The van der Waals surface area contributed by atoms with E-state index < -0.39 is 6.43 Å². The van der Waals surface area contributed by atoms with Crippen molar-refractivity contribution in [1.82, 2.24) is 4.98 Å². The highest BCUT2D eigenvalue weighted by molar-refractivity contribution is 5.94. The van der Waals surface area contributed by atoms with E-state index in [0.29, 0.717) is 17.0 Å². The van der Waals surface area contributed by atoms with Crippen molar-refractivity contribution in [2.24, 2.45) is 0 Å². The van der Waals surface area contributed by atoms with Gasteiger partial charge in [-0.05, 0) is 30.7 Å². The standard InChI is InChI=1S/C13H14F2N2O/c1-7-4-8(18-3)5-9-10(16-2)6-11(13(14)15)17-12(7)9/h4-6,13H,1-3H3,(H,16,17). The lowest BCUT2D eigenvalue weighted by atomic mass is 10.1. The molecule has 5 heteroatoms. The molecule has 96 valence electrons. The molecule has 2 rings (SSSR count). The maximum Gasteiger partial charge on any atom is 0.280 e. The first-order valence-electron chi connectivity index (χ1n) is 5.52. The molecule has 0 saturated heterocycles. The van der Waals surface area contributed by atoms with Crippen LogP contribution in [0.1, 0.15) is 17.7 Å². The van der Waals surface area contributed by atoms with Crippen LogP contribution < -0.4 is 10.1 Å². The van der Waals surface area contributed by atoms with Crippen molar-refractivity contribution >= 4 is 16.6 Å². The Labute approximate surface area is 104 Å². The maximum absolute atomic E-state index is 12.8. The largest absolute Gasteiger partial charge is 0.497 e. The number of benzene rings is 1. The number of hydrogen-bond acceptors (Lipinski definition) is 3. The van der Waals surface area contributed by atoms with E-state index in [-0.39, 0.29) is 5.69 Å². The van der Waals surface area contributed by atoms with Gasteiger partial charge in [-0.1, -0.05) is 0 Å². The minimum absolute atomic E-state index is 0.222. The third-order valence-electron chi connectivity index (χ3n) is 2.83. The number of halogens is 2. The predicted octanol–water partition coefficient (Wildman–Crippen LogP) is 3.53. The summed E-state index contributed by atoms with van der Waals surface area (Å²) in [6, 6.07) is 4.94. The van der Waals surface area contributed by atoms with Crippen molar-refractivity contribution < 1.29 is 13.5 Å². The second-order valence-corrected chi connectivity index (χ2v) is 3.99. The average Bonchev–Trinajstić information content (AvgIpc) is 2.37. The molecule has 3 nitrogen and oxygen atoms in total. The molecule has 2 aromatic rings. The number of aromatic nitrogens is 1. The van der Waals surface area contributed by atoms with E-state index in [0.717, 1.165) is 10.9 Å². The monoisotopic (exact) mass is 252 g/mol. The molecule has 0 amide bonds. The number of aryl methyl sites for hydroxylation is 1. The quantitative estimate of drug-likeness (QED) is 0.907. The molecule has 0 aliphatic heterocycles. The van der Waals surface area contributed by atoms with Crippen LogP contribution in [0.2, 0.25) is 0 Å². The molecule has 0 aliphatic carbocycles. The van der Waals surface area contributed by atoms with Gasteiger partial charge in [0.1, 0.15) is 11.4 Å². The molecule has 1 aromatic heterocycles. The summed E-state index contributed by atoms with van der Waals surface area (Å²) in [4.78, 5) is 4.01. The number of hydrogen-bond donors (Lipinski definition) is 1. The first-order chi connectivity index (χ1) is 8.56. The van der Waals surface area contributed by atoms with Crippen LogP contribution in [0, 0.1) is 6.92 Å². The summed E-state index contributed by atoms with van der Waals surface area (Å²) in [7, 11) is 3.26. The smallest absolute Gasteiger partial charge is 0.280 e. The van der Waals surface area contributed by atoms with Gasteiger partial charge in [-0.2, -0.15) is 0 Å². The highest BCUT2D eigenvalue weighted by Gasteiger charge is 2.14. The highest BCUT2D eigenvalue weighted by Crippen LogP contribution is 2.32. The normalized spacial score (nSPS) is 11.0. The number of ether oxygens (including phenoxy) is 1. The number of nitrogens with one attached hydrogen (secondary N) is 1. The van der Waals surface area contributed by atoms with Crippen LogP contribution >= 0.6 is 0 Å². The Bertz CT molecular complexity index is 585. The zero-order valence-electron chi connectivity index (χ0n) is 10.4. The Morgan fingerprint density at radius 2 is 2.00 bits per heavy atom. The van der Waals surface area contributed by atoms with Gasteiger partial charge in [-0.15, -0.1) is 0 Å². The van der Waals surface area contributed by atoms with E-state index in [1.807, 2.05) is 6.92 Å². The fourth-order valence-electron chi connectivity index (χ4n) is 1.92. The summed E-state index contributed by atoms with van der Waals surface area (Å²) in [6.45, 7) is 1.83. The van der Waals surface area contributed by atoms with Crippen LogP contribution in [0.25, 0.3) is 10.9 Å². The summed E-state index contributed by atoms with van der Waals surface area (Å²) in [5.41, 5.74) is 1.78. The predicted molar refractivity (Wildman–Crippen MR) is 67.5 cm³/mol. The summed E-state index contributed by atoms with van der Waals surface area (Å²) in [5.74, 6) is 0.683. The van der Waals surface area contributed by atoms with Gasteiger partial charge in [-0.3, -0.25) is 0 Å². The Balaban J connectivity index is 2.78. The zero-order valence-corrected chi connectivity index (χ0v) is 10.4. The van der Waals surface area contributed by atoms with Gasteiger partial charge in [0.15, 0.2) is 0 Å². The lowest BCUT2D eigenvalue weighted by molar-refractivity contribution is 0.146. The van der Waals surface area contributed by atoms with Crippen molar-refractivity contribution in [2.75, 3.05) is 19.5 Å². The van der Waals surface area contributed by atoms with Crippen LogP contribution in [0.15, 0.2) is 18.2 Å². The fourth-order valence-corrected chi connectivity index (χ4v) is 1.92. The first kappa shape index (κ1) is 12.5. The van der Waals surface area contributed by atoms with Crippen molar-refractivity contribution in [1.29, 1.82) is 0 Å². The molecule has 0 bridgehead atoms. The van der Waals surface area contributed by atoms with E-state index in [9.17, 15) is 8.78 Å². The van der Waals surface area contributed by atoms with Gasteiger partial charge >= 0.3 is 0 Å². The van der Waals surface area contributed by atoms with Crippen molar-refractivity contribution in [3.63, 3.8) is 0 Å². The fraction of sp³-hybridized carbons (Fsp3) is 0.308. The van der Waals surface area contributed by atoms with Gasteiger partial charge in [0, 0.05) is 18.1 Å². The second kappa shape index (κ2) is 4.76. The topological polar surface area (TPSA) is 34.2 Å². The Morgan fingerprint density at radius 3 is 2.56 bits per heavy atom. The van der Waals surface area contributed by atoms with Crippen LogP contribution in [-0.2, 0) is 0 Å². The minimum atomic E-state index is -2.58. The lowest BCUT2D eigenvalue weighted by Gasteiger charge is -2.12. The third-order valence-corrected chi connectivity index (χ3v) is 2.83. The number of nitrogens with zero attached hydrogens (tertiary/aromatic N) is 1. The van der Waals surface area contributed by atoms with E-state index in [1.54, 1.807) is 26.3 Å². The first-order valence-corrected chi connectivity index (χ1v) is 5.52. The molecule has 0 aliphatic rings.